The van der Waals surface area contributed by atoms with Gasteiger partial charge in [0.1, 0.15) is 0 Å². The highest BCUT2D eigenvalue weighted by atomic mass is 16.5. The number of rotatable bonds is 3. The molecule has 0 bridgehead atoms. The Labute approximate surface area is 75.8 Å². The second-order valence-electron chi connectivity index (χ2n) is 3.69. The molecule has 1 unspecified atom stereocenters. The average Bonchev–Trinajstić information content (AvgIpc) is 2.07. The van der Waals surface area contributed by atoms with Gasteiger partial charge in [-0.3, -0.25) is 0 Å². The highest BCUT2D eigenvalue weighted by Gasteiger charge is 2.22. The summed E-state index contributed by atoms with van der Waals surface area (Å²) in [6.45, 7) is 9.41. The maximum Gasteiger partial charge on any atom is 0.0640 e. The second kappa shape index (κ2) is 4.66. The summed E-state index contributed by atoms with van der Waals surface area (Å²) in [4.78, 5) is 0. The van der Waals surface area contributed by atoms with E-state index in [0.717, 1.165) is 25.4 Å². The Morgan fingerprint density at radius 1 is 1.50 bits per heavy atom. The molecule has 1 nitrogen and oxygen atoms in total. The molecule has 1 heterocycles. The monoisotopic (exact) mass is 168 g/mol. The molecule has 1 aliphatic rings. The standard InChI is InChI=1S/C11H20O/c1-4-10(5-2)11-8-9(3)6-7-12-11/h10-11H,3-8H2,1-2H3. The SMILES string of the molecule is C=C1CCOC(C(CC)CC)C1. The first-order valence-corrected chi connectivity index (χ1v) is 5.06. The zero-order chi connectivity index (χ0) is 8.97. The molecule has 0 aromatic rings. The Balaban J connectivity index is 2.43. The van der Waals surface area contributed by atoms with Crippen molar-refractivity contribution in [3.05, 3.63) is 12.2 Å². The van der Waals surface area contributed by atoms with Crippen LogP contribution in [0.25, 0.3) is 0 Å². The lowest BCUT2D eigenvalue weighted by Crippen LogP contribution is -2.28. The van der Waals surface area contributed by atoms with Crippen LogP contribution in [-0.4, -0.2) is 12.7 Å². The Kier molecular flexibility index (Phi) is 3.80. The van der Waals surface area contributed by atoms with Crippen LogP contribution in [0.2, 0.25) is 0 Å². The van der Waals surface area contributed by atoms with Crippen molar-refractivity contribution in [1.29, 1.82) is 0 Å². The molecular weight excluding hydrogens is 148 g/mol. The van der Waals surface area contributed by atoms with Crippen LogP contribution in [0, 0.1) is 5.92 Å². The van der Waals surface area contributed by atoms with Gasteiger partial charge in [-0.25, -0.2) is 0 Å². The highest BCUT2D eigenvalue weighted by Crippen LogP contribution is 2.26. The molecule has 0 saturated carbocycles. The number of ether oxygens (including phenoxy) is 1. The van der Waals surface area contributed by atoms with Gasteiger partial charge in [-0.15, -0.1) is 0 Å². The van der Waals surface area contributed by atoms with Crippen LogP contribution in [0.5, 0.6) is 0 Å². The zero-order valence-electron chi connectivity index (χ0n) is 8.31. The predicted octanol–water partition coefficient (Wildman–Crippen LogP) is 3.16. The zero-order valence-corrected chi connectivity index (χ0v) is 8.31. The van der Waals surface area contributed by atoms with E-state index in [2.05, 4.69) is 20.4 Å². The third kappa shape index (κ3) is 2.34. The summed E-state index contributed by atoms with van der Waals surface area (Å²) in [6, 6.07) is 0. The van der Waals surface area contributed by atoms with E-state index in [4.69, 9.17) is 4.74 Å². The largest absolute Gasteiger partial charge is 0.377 e. The quantitative estimate of drug-likeness (QED) is 0.588. The maximum absolute atomic E-state index is 5.73. The van der Waals surface area contributed by atoms with E-state index in [0.29, 0.717) is 6.10 Å². The maximum atomic E-state index is 5.73. The molecule has 1 atom stereocenters. The van der Waals surface area contributed by atoms with E-state index in [1.807, 2.05) is 0 Å². The van der Waals surface area contributed by atoms with Crippen molar-refractivity contribution in [2.45, 2.75) is 45.6 Å². The fourth-order valence-electron chi connectivity index (χ4n) is 1.92. The van der Waals surface area contributed by atoms with Crippen LogP contribution in [-0.2, 0) is 4.74 Å². The third-order valence-electron chi connectivity index (χ3n) is 2.85. The fraction of sp³-hybridized carbons (Fsp3) is 0.818. The average molecular weight is 168 g/mol. The summed E-state index contributed by atoms with van der Waals surface area (Å²) in [6.07, 6.45) is 5.08. The number of hydrogen-bond donors (Lipinski definition) is 0. The lowest BCUT2D eigenvalue weighted by molar-refractivity contribution is -0.00544. The van der Waals surface area contributed by atoms with Gasteiger partial charge >= 0.3 is 0 Å². The summed E-state index contributed by atoms with van der Waals surface area (Å²) in [5, 5.41) is 0. The first-order chi connectivity index (χ1) is 5.77. The molecule has 0 amide bonds. The van der Waals surface area contributed by atoms with Gasteiger partial charge in [0.2, 0.25) is 0 Å². The molecular formula is C11H20O. The molecule has 1 saturated heterocycles. The fourth-order valence-corrected chi connectivity index (χ4v) is 1.92. The van der Waals surface area contributed by atoms with Crippen LogP contribution in [0.15, 0.2) is 12.2 Å². The van der Waals surface area contributed by atoms with Crippen LogP contribution in [0.4, 0.5) is 0 Å². The first-order valence-electron chi connectivity index (χ1n) is 5.06. The Bertz CT molecular complexity index is 147. The second-order valence-corrected chi connectivity index (χ2v) is 3.69. The summed E-state index contributed by atoms with van der Waals surface area (Å²) in [7, 11) is 0. The summed E-state index contributed by atoms with van der Waals surface area (Å²) in [5.74, 6) is 0.738. The number of hydrogen-bond acceptors (Lipinski definition) is 1. The molecule has 0 aliphatic carbocycles. The van der Waals surface area contributed by atoms with Gasteiger partial charge in [0, 0.05) is 0 Å². The molecule has 0 N–H and O–H groups in total. The molecule has 70 valence electrons. The van der Waals surface area contributed by atoms with Crippen molar-refractivity contribution >= 4 is 0 Å². The molecule has 12 heavy (non-hydrogen) atoms. The van der Waals surface area contributed by atoms with Gasteiger partial charge in [0.05, 0.1) is 12.7 Å². The molecule has 1 aliphatic heterocycles. The predicted molar refractivity (Wildman–Crippen MR) is 52.2 cm³/mol. The van der Waals surface area contributed by atoms with Crippen molar-refractivity contribution in [1.82, 2.24) is 0 Å². The van der Waals surface area contributed by atoms with Gasteiger partial charge in [0.15, 0.2) is 0 Å². The molecule has 1 rings (SSSR count). The van der Waals surface area contributed by atoms with E-state index < -0.39 is 0 Å². The highest BCUT2D eigenvalue weighted by molar-refractivity contribution is 5.00. The Morgan fingerprint density at radius 3 is 2.67 bits per heavy atom. The molecule has 0 spiro atoms. The van der Waals surface area contributed by atoms with Gasteiger partial charge < -0.3 is 4.74 Å². The van der Waals surface area contributed by atoms with Crippen LogP contribution in [0.3, 0.4) is 0 Å². The first kappa shape index (κ1) is 9.79. The molecule has 0 radical (unpaired) electrons. The molecule has 0 aromatic heterocycles. The molecule has 1 heteroatoms. The minimum atomic E-state index is 0.459. The van der Waals surface area contributed by atoms with E-state index >= 15 is 0 Å². The summed E-state index contributed by atoms with van der Waals surface area (Å²) < 4.78 is 5.73. The van der Waals surface area contributed by atoms with Crippen molar-refractivity contribution in [3.8, 4) is 0 Å². The minimum Gasteiger partial charge on any atom is -0.377 e. The van der Waals surface area contributed by atoms with Crippen molar-refractivity contribution in [2.75, 3.05) is 6.61 Å². The van der Waals surface area contributed by atoms with Crippen LogP contribution in [0.1, 0.15) is 39.5 Å². The van der Waals surface area contributed by atoms with Crippen molar-refractivity contribution < 1.29 is 4.74 Å². The van der Waals surface area contributed by atoms with E-state index in [1.165, 1.54) is 18.4 Å². The van der Waals surface area contributed by atoms with Gasteiger partial charge in [-0.2, -0.15) is 0 Å². The Morgan fingerprint density at radius 2 is 2.17 bits per heavy atom. The van der Waals surface area contributed by atoms with E-state index in [1.54, 1.807) is 0 Å². The van der Waals surface area contributed by atoms with Crippen LogP contribution < -0.4 is 0 Å². The van der Waals surface area contributed by atoms with Crippen LogP contribution >= 0.6 is 0 Å². The summed E-state index contributed by atoms with van der Waals surface area (Å²) in [5.41, 5.74) is 1.37. The van der Waals surface area contributed by atoms with Gasteiger partial charge in [-0.1, -0.05) is 38.8 Å². The van der Waals surface area contributed by atoms with Crippen molar-refractivity contribution in [3.63, 3.8) is 0 Å². The third-order valence-corrected chi connectivity index (χ3v) is 2.85. The van der Waals surface area contributed by atoms with E-state index in [9.17, 15) is 0 Å². The summed E-state index contributed by atoms with van der Waals surface area (Å²) >= 11 is 0. The molecule has 0 aromatic carbocycles. The van der Waals surface area contributed by atoms with Gasteiger partial charge in [0.25, 0.3) is 0 Å². The van der Waals surface area contributed by atoms with E-state index in [-0.39, 0.29) is 0 Å². The lowest BCUT2D eigenvalue weighted by atomic mass is 9.90. The minimum absolute atomic E-state index is 0.459. The smallest absolute Gasteiger partial charge is 0.0640 e. The lowest BCUT2D eigenvalue weighted by Gasteiger charge is -2.30. The topological polar surface area (TPSA) is 9.23 Å². The van der Waals surface area contributed by atoms with Gasteiger partial charge in [-0.05, 0) is 18.8 Å². The Hall–Kier alpha value is -0.300. The normalized spacial score (nSPS) is 24.9. The molecule has 1 fully saturated rings. The van der Waals surface area contributed by atoms with Crippen molar-refractivity contribution in [2.24, 2.45) is 5.92 Å².